The van der Waals surface area contributed by atoms with Gasteiger partial charge in [0.05, 0.1) is 12.6 Å². The Labute approximate surface area is 222 Å². The molecule has 2 aromatic carbocycles. The number of carbonyl (C=O) groups is 2. The fourth-order valence-corrected chi connectivity index (χ4v) is 4.09. The third-order valence-electron chi connectivity index (χ3n) is 6.31. The highest BCUT2D eigenvalue weighted by atomic mass is 16.5. The van der Waals surface area contributed by atoms with E-state index < -0.39 is 11.7 Å². The van der Waals surface area contributed by atoms with Gasteiger partial charge in [0.2, 0.25) is 5.78 Å². The number of anilines is 1. The highest BCUT2D eigenvalue weighted by molar-refractivity contribution is 6.40. The zero-order valence-electron chi connectivity index (χ0n) is 21.2. The fraction of sp³-hybridized carbons (Fsp3) is 0.226. The van der Waals surface area contributed by atoms with Crippen molar-refractivity contribution in [3.63, 3.8) is 0 Å². The predicted octanol–water partition coefficient (Wildman–Crippen LogP) is 6.88. The maximum atomic E-state index is 12.8. The number of ketones is 1. The summed E-state index contributed by atoms with van der Waals surface area (Å²) < 4.78 is 12.0. The Balaban J connectivity index is 1.36. The van der Waals surface area contributed by atoms with Gasteiger partial charge in [0.1, 0.15) is 23.4 Å². The first-order chi connectivity index (χ1) is 18.3. The van der Waals surface area contributed by atoms with Crippen LogP contribution in [0.4, 0.5) is 11.4 Å². The molecule has 0 radical (unpaired) electrons. The van der Waals surface area contributed by atoms with E-state index in [1.54, 1.807) is 48.5 Å². The summed E-state index contributed by atoms with van der Waals surface area (Å²) in [4.78, 5) is 28.8. The number of hydrogen-bond donors (Lipinski definition) is 1. The van der Waals surface area contributed by atoms with Gasteiger partial charge in [0.15, 0.2) is 5.69 Å². The normalized spacial score (nSPS) is 18.2. The van der Waals surface area contributed by atoms with Crippen molar-refractivity contribution in [2.24, 2.45) is 5.92 Å². The van der Waals surface area contributed by atoms with E-state index in [1.165, 1.54) is 0 Å². The summed E-state index contributed by atoms with van der Waals surface area (Å²) in [5.41, 5.74) is 3.43. The van der Waals surface area contributed by atoms with Crippen LogP contribution in [0.1, 0.15) is 31.7 Å². The van der Waals surface area contributed by atoms with Crippen molar-refractivity contribution < 1.29 is 19.1 Å². The Morgan fingerprint density at radius 2 is 1.92 bits per heavy atom. The lowest BCUT2D eigenvalue weighted by Crippen LogP contribution is -2.25. The van der Waals surface area contributed by atoms with E-state index in [2.05, 4.69) is 16.2 Å². The van der Waals surface area contributed by atoms with E-state index in [0.717, 1.165) is 11.1 Å². The number of nitriles is 1. The number of ether oxygens (including phenoxy) is 2. The van der Waals surface area contributed by atoms with Crippen LogP contribution in [0.15, 0.2) is 89.8 Å². The minimum atomic E-state index is -0.687. The van der Waals surface area contributed by atoms with E-state index in [4.69, 9.17) is 21.3 Å². The van der Waals surface area contributed by atoms with Gasteiger partial charge in [-0.05, 0) is 73.7 Å². The van der Waals surface area contributed by atoms with Crippen LogP contribution in [0.2, 0.25) is 0 Å². The monoisotopic (exact) mass is 505 g/mol. The van der Waals surface area contributed by atoms with Crippen molar-refractivity contribution in [3.05, 3.63) is 107 Å². The molecule has 7 heteroatoms. The second-order valence-corrected chi connectivity index (χ2v) is 9.21. The molecule has 1 N–H and O–H groups in total. The van der Waals surface area contributed by atoms with Crippen LogP contribution in [-0.2, 0) is 14.3 Å². The van der Waals surface area contributed by atoms with Crippen molar-refractivity contribution in [1.29, 1.82) is 5.26 Å². The van der Waals surface area contributed by atoms with Gasteiger partial charge in [-0.25, -0.2) is 4.85 Å². The minimum Gasteiger partial charge on any atom is -0.486 e. The van der Waals surface area contributed by atoms with Crippen LogP contribution >= 0.6 is 0 Å². The second-order valence-electron chi connectivity index (χ2n) is 9.21. The Bertz CT molecular complexity index is 1450. The largest absolute Gasteiger partial charge is 0.486 e. The molecule has 2 unspecified atom stereocenters. The fourth-order valence-electron chi connectivity index (χ4n) is 4.09. The third-order valence-corrected chi connectivity index (χ3v) is 6.31. The van der Waals surface area contributed by atoms with Gasteiger partial charge in [0, 0.05) is 30.2 Å². The van der Waals surface area contributed by atoms with E-state index >= 15 is 0 Å². The van der Waals surface area contributed by atoms with Crippen molar-refractivity contribution in [3.8, 4) is 17.6 Å². The molecule has 2 aromatic rings. The lowest BCUT2D eigenvalue weighted by molar-refractivity contribution is -0.135. The first-order valence-electron chi connectivity index (χ1n) is 12.3. The number of rotatable bonds is 8. The van der Waals surface area contributed by atoms with Crippen molar-refractivity contribution in [2.45, 2.75) is 39.2 Å². The molecule has 0 heterocycles. The maximum Gasteiger partial charge on any atom is 0.291 e. The molecule has 2 atom stereocenters. The molecule has 7 nitrogen and oxygen atoms in total. The Hall–Kier alpha value is -4.88. The van der Waals surface area contributed by atoms with E-state index in [0.29, 0.717) is 47.0 Å². The number of amides is 1. The first-order valence-corrected chi connectivity index (χ1v) is 12.3. The topological polar surface area (TPSA) is 92.8 Å². The number of nitrogens with one attached hydrogen (secondary N) is 1. The first kappa shape index (κ1) is 26.2. The quantitative estimate of drug-likeness (QED) is 0.312. The van der Waals surface area contributed by atoms with Gasteiger partial charge >= 0.3 is 0 Å². The number of carbonyl (C=O) groups excluding carboxylic acids is 2. The van der Waals surface area contributed by atoms with Gasteiger partial charge < -0.3 is 14.8 Å². The molecule has 0 saturated carbocycles. The summed E-state index contributed by atoms with van der Waals surface area (Å²) >= 11 is 0. The average molecular weight is 506 g/mol. The van der Waals surface area contributed by atoms with Gasteiger partial charge in [-0.1, -0.05) is 30.4 Å². The summed E-state index contributed by atoms with van der Waals surface area (Å²) in [6, 6.07) is 14.1. The molecule has 0 bridgehead atoms. The summed E-state index contributed by atoms with van der Waals surface area (Å²) in [6.07, 6.45) is 10.5. The van der Waals surface area contributed by atoms with Crippen molar-refractivity contribution in [2.75, 3.05) is 5.32 Å². The molecule has 2 aliphatic carbocycles. The van der Waals surface area contributed by atoms with Gasteiger partial charge in [-0.15, -0.1) is 0 Å². The van der Waals surface area contributed by atoms with Crippen LogP contribution in [0.3, 0.4) is 0 Å². The van der Waals surface area contributed by atoms with E-state index in [9.17, 15) is 9.59 Å². The maximum absolute atomic E-state index is 12.8. The van der Waals surface area contributed by atoms with E-state index in [1.807, 2.05) is 38.2 Å². The summed E-state index contributed by atoms with van der Waals surface area (Å²) in [7, 11) is 0. The molecule has 1 amide bonds. The van der Waals surface area contributed by atoms with Crippen molar-refractivity contribution >= 4 is 23.1 Å². The SMILES string of the molecule is [C-]#[N+]c1ccc(Oc2cc(NC(=O)C(=O)CC3C=C(OC4C=CC(C#N)=CC4)C(C)=CC3)ccc2C)cc1. The molecule has 4 rings (SSSR count). The standard InChI is InChI=1S/C31H27N3O4/c1-20-4-6-23(17-29(20)37-26-12-7-22(19-32)8-13-26)16-28(35)31(36)34-25-9-5-21(2)30(18-25)38-27-14-10-24(33-3)11-15-27/h4-5,7-12,14-15,17-18,23,26H,6,13,16H2,1-2H3,(H,34,36). The Morgan fingerprint density at radius 3 is 2.61 bits per heavy atom. The van der Waals surface area contributed by atoms with Crippen LogP contribution in [-0.4, -0.2) is 17.8 Å². The van der Waals surface area contributed by atoms with E-state index in [-0.39, 0.29) is 18.4 Å². The zero-order valence-corrected chi connectivity index (χ0v) is 21.2. The Morgan fingerprint density at radius 1 is 1.13 bits per heavy atom. The molecule has 190 valence electrons. The second kappa shape index (κ2) is 11.9. The molecule has 0 saturated heterocycles. The lowest BCUT2D eigenvalue weighted by atomic mass is 9.91. The number of allylic oxidation sites excluding steroid dienone is 5. The number of Topliss-reactive ketones (excluding diaryl/α,β-unsaturated/α-hetero) is 1. The lowest BCUT2D eigenvalue weighted by Gasteiger charge is -2.24. The van der Waals surface area contributed by atoms with Crippen molar-refractivity contribution in [1.82, 2.24) is 0 Å². The minimum absolute atomic E-state index is 0.0596. The molecule has 0 aromatic heterocycles. The van der Waals surface area contributed by atoms with Crippen LogP contribution in [0, 0.1) is 30.7 Å². The summed E-state index contributed by atoms with van der Waals surface area (Å²) in [5.74, 6) is 0.443. The van der Waals surface area contributed by atoms with Gasteiger partial charge in [-0.3, -0.25) is 9.59 Å². The number of nitrogens with zero attached hydrogens (tertiary/aromatic N) is 2. The predicted molar refractivity (Wildman–Crippen MR) is 144 cm³/mol. The molecule has 38 heavy (non-hydrogen) atoms. The molecular formula is C31H27N3O4. The number of aryl methyl sites for hydroxylation is 1. The van der Waals surface area contributed by atoms with Gasteiger partial charge in [-0.2, -0.15) is 5.26 Å². The van der Waals surface area contributed by atoms with Crippen LogP contribution < -0.4 is 10.1 Å². The summed E-state index contributed by atoms with van der Waals surface area (Å²) in [6.45, 7) is 10.9. The molecule has 0 fully saturated rings. The van der Waals surface area contributed by atoms with Gasteiger partial charge in [0.25, 0.3) is 5.91 Å². The average Bonchev–Trinajstić information content (AvgIpc) is 2.93. The smallest absolute Gasteiger partial charge is 0.291 e. The van der Waals surface area contributed by atoms with Crippen LogP contribution in [0.5, 0.6) is 11.5 Å². The summed E-state index contributed by atoms with van der Waals surface area (Å²) in [5, 5.41) is 11.7. The molecule has 2 aliphatic rings. The number of benzene rings is 2. The third kappa shape index (κ3) is 6.66. The molecular weight excluding hydrogens is 478 g/mol. The zero-order chi connectivity index (χ0) is 27.1. The highest BCUT2D eigenvalue weighted by Gasteiger charge is 2.23. The Kier molecular flexibility index (Phi) is 8.20. The molecule has 0 spiro atoms. The highest BCUT2D eigenvalue weighted by Crippen LogP contribution is 2.31. The number of hydrogen-bond acceptors (Lipinski definition) is 5. The molecule has 0 aliphatic heterocycles. The van der Waals surface area contributed by atoms with Crippen LogP contribution in [0.25, 0.3) is 4.85 Å².